The van der Waals surface area contributed by atoms with E-state index in [0.717, 1.165) is 38.0 Å². The van der Waals surface area contributed by atoms with E-state index in [1.54, 1.807) is 11.3 Å². The molecule has 0 unspecified atom stereocenters. The summed E-state index contributed by atoms with van der Waals surface area (Å²) in [5.74, 6) is 0.616. The van der Waals surface area contributed by atoms with Crippen LogP contribution >= 0.6 is 11.3 Å². The van der Waals surface area contributed by atoms with E-state index in [4.69, 9.17) is 0 Å². The summed E-state index contributed by atoms with van der Waals surface area (Å²) in [6.45, 7) is 11.6. The number of rotatable bonds is 8. The molecule has 0 aliphatic rings. The Morgan fingerprint density at radius 1 is 1.29 bits per heavy atom. The lowest BCUT2D eigenvalue weighted by molar-refractivity contribution is -0.121. The van der Waals surface area contributed by atoms with Crippen LogP contribution in [-0.4, -0.2) is 42.0 Å². The zero-order valence-electron chi connectivity index (χ0n) is 15.5. The molecule has 0 bridgehead atoms. The van der Waals surface area contributed by atoms with Gasteiger partial charge >= 0.3 is 0 Å². The van der Waals surface area contributed by atoms with Gasteiger partial charge in [0.15, 0.2) is 5.96 Å². The van der Waals surface area contributed by atoms with Gasteiger partial charge in [0.05, 0.1) is 5.01 Å². The van der Waals surface area contributed by atoms with Crippen LogP contribution in [0.3, 0.4) is 0 Å². The summed E-state index contributed by atoms with van der Waals surface area (Å²) in [6.07, 6.45) is 3.14. The molecule has 3 N–H and O–H groups in total. The van der Waals surface area contributed by atoms with Crippen LogP contribution in [0.5, 0.6) is 0 Å². The number of unbranched alkanes of at least 4 members (excludes halogenated alkanes) is 1. The van der Waals surface area contributed by atoms with Crippen LogP contribution in [0, 0.1) is 6.92 Å². The number of aliphatic imine (C=N–C) groups is 1. The lowest BCUT2D eigenvalue weighted by Crippen LogP contribution is -2.43. The Kier molecular flexibility index (Phi) is 8.74. The van der Waals surface area contributed by atoms with E-state index < -0.39 is 0 Å². The molecule has 1 rings (SSSR count). The van der Waals surface area contributed by atoms with Gasteiger partial charge < -0.3 is 16.0 Å². The molecule has 0 spiro atoms. The molecule has 24 heavy (non-hydrogen) atoms. The standard InChI is InChI=1S/C17H31N5OS/c1-6-18-16(20-11-14(23)22-17(3,4)5)19-10-8-7-9-15-21-13(2)12-24-15/h12H,6-11H2,1-5H3,(H,22,23)(H2,18,19,20). The van der Waals surface area contributed by atoms with Crippen molar-refractivity contribution >= 4 is 23.2 Å². The monoisotopic (exact) mass is 353 g/mol. The number of aromatic nitrogens is 1. The van der Waals surface area contributed by atoms with E-state index in [-0.39, 0.29) is 18.0 Å². The summed E-state index contributed by atoms with van der Waals surface area (Å²) < 4.78 is 0. The maximum Gasteiger partial charge on any atom is 0.242 e. The van der Waals surface area contributed by atoms with Gasteiger partial charge in [-0.2, -0.15) is 0 Å². The van der Waals surface area contributed by atoms with Crippen molar-refractivity contribution in [3.63, 3.8) is 0 Å². The van der Waals surface area contributed by atoms with Crippen LogP contribution in [0.1, 0.15) is 51.2 Å². The van der Waals surface area contributed by atoms with Crippen molar-refractivity contribution in [2.45, 2.75) is 59.4 Å². The maximum atomic E-state index is 11.8. The molecule has 136 valence electrons. The normalized spacial score (nSPS) is 12.1. The molecular weight excluding hydrogens is 322 g/mol. The van der Waals surface area contributed by atoms with E-state index in [1.165, 1.54) is 5.01 Å². The van der Waals surface area contributed by atoms with Gasteiger partial charge in [-0.1, -0.05) is 0 Å². The smallest absolute Gasteiger partial charge is 0.242 e. The first kappa shape index (κ1) is 20.4. The van der Waals surface area contributed by atoms with Crippen LogP contribution in [-0.2, 0) is 11.2 Å². The van der Waals surface area contributed by atoms with Crippen molar-refractivity contribution in [2.24, 2.45) is 4.99 Å². The molecule has 0 saturated heterocycles. The van der Waals surface area contributed by atoms with Crippen molar-refractivity contribution in [1.29, 1.82) is 0 Å². The molecule has 1 aromatic heterocycles. The molecule has 7 heteroatoms. The second kappa shape index (κ2) is 10.3. The minimum Gasteiger partial charge on any atom is -0.357 e. The molecule has 0 aliphatic heterocycles. The minimum atomic E-state index is -0.230. The lowest BCUT2D eigenvalue weighted by atomic mass is 10.1. The minimum absolute atomic E-state index is 0.0705. The third-order valence-corrected chi connectivity index (χ3v) is 4.04. The molecule has 0 aliphatic carbocycles. The average molecular weight is 354 g/mol. The van der Waals surface area contributed by atoms with Gasteiger partial charge in [-0.3, -0.25) is 4.79 Å². The summed E-state index contributed by atoms with van der Waals surface area (Å²) in [5.41, 5.74) is 0.871. The molecular formula is C17H31N5OS. The molecule has 0 atom stereocenters. The summed E-state index contributed by atoms with van der Waals surface area (Å²) >= 11 is 1.73. The van der Waals surface area contributed by atoms with E-state index in [1.807, 2.05) is 34.6 Å². The van der Waals surface area contributed by atoms with Crippen molar-refractivity contribution in [1.82, 2.24) is 20.9 Å². The van der Waals surface area contributed by atoms with Crippen molar-refractivity contribution in [2.75, 3.05) is 19.6 Å². The summed E-state index contributed by atoms with van der Waals surface area (Å²) in [6, 6.07) is 0. The van der Waals surface area contributed by atoms with E-state index in [0.29, 0.717) is 5.96 Å². The number of hydrogen-bond acceptors (Lipinski definition) is 4. The highest BCUT2D eigenvalue weighted by Crippen LogP contribution is 2.11. The zero-order valence-corrected chi connectivity index (χ0v) is 16.3. The second-order valence-electron chi connectivity index (χ2n) is 6.76. The molecule has 1 amide bonds. The van der Waals surface area contributed by atoms with Crippen LogP contribution in [0.2, 0.25) is 0 Å². The average Bonchev–Trinajstić information content (AvgIpc) is 2.88. The fourth-order valence-electron chi connectivity index (χ4n) is 2.08. The third-order valence-electron chi connectivity index (χ3n) is 3.02. The highest BCUT2D eigenvalue weighted by Gasteiger charge is 2.13. The van der Waals surface area contributed by atoms with Crippen molar-refractivity contribution < 1.29 is 4.79 Å². The number of nitrogens with zero attached hydrogens (tertiary/aromatic N) is 2. The first-order chi connectivity index (χ1) is 11.3. The van der Waals surface area contributed by atoms with Gasteiger partial charge in [-0.05, 0) is 53.9 Å². The Morgan fingerprint density at radius 2 is 2.04 bits per heavy atom. The molecule has 1 aromatic rings. The molecule has 0 saturated carbocycles. The number of hydrogen-bond donors (Lipinski definition) is 3. The lowest BCUT2D eigenvalue weighted by Gasteiger charge is -2.20. The van der Waals surface area contributed by atoms with Crippen LogP contribution < -0.4 is 16.0 Å². The number of carbonyl (C=O) groups is 1. The fourth-order valence-corrected chi connectivity index (χ4v) is 2.89. The van der Waals surface area contributed by atoms with Gasteiger partial charge in [0, 0.05) is 29.7 Å². The van der Waals surface area contributed by atoms with Crippen molar-refractivity contribution in [3.8, 4) is 0 Å². The van der Waals surface area contributed by atoms with Gasteiger partial charge in [0.1, 0.15) is 6.54 Å². The van der Waals surface area contributed by atoms with Gasteiger partial charge in [-0.15, -0.1) is 11.3 Å². The van der Waals surface area contributed by atoms with Crippen LogP contribution in [0.25, 0.3) is 0 Å². The topological polar surface area (TPSA) is 78.4 Å². The molecule has 0 aromatic carbocycles. The quantitative estimate of drug-likeness (QED) is 0.380. The van der Waals surface area contributed by atoms with Crippen LogP contribution in [0.4, 0.5) is 0 Å². The first-order valence-electron chi connectivity index (χ1n) is 8.54. The van der Waals surface area contributed by atoms with Crippen LogP contribution in [0.15, 0.2) is 10.4 Å². The summed E-state index contributed by atoms with van der Waals surface area (Å²) in [5, 5.41) is 12.6. The molecule has 6 nitrogen and oxygen atoms in total. The van der Waals surface area contributed by atoms with Gasteiger partial charge in [0.2, 0.25) is 5.91 Å². The summed E-state index contributed by atoms with van der Waals surface area (Å²) in [4.78, 5) is 20.6. The Morgan fingerprint density at radius 3 is 2.62 bits per heavy atom. The van der Waals surface area contributed by atoms with E-state index in [2.05, 4.69) is 31.3 Å². The second-order valence-corrected chi connectivity index (χ2v) is 7.70. The third kappa shape index (κ3) is 9.50. The highest BCUT2D eigenvalue weighted by molar-refractivity contribution is 7.09. The Hall–Kier alpha value is -1.63. The molecule has 1 heterocycles. The van der Waals surface area contributed by atoms with Crippen molar-refractivity contribution in [3.05, 3.63) is 16.1 Å². The molecule has 0 radical (unpaired) electrons. The number of aryl methyl sites for hydroxylation is 2. The molecule has 0 fully saturated rings. The Labute approximate surface area is 149 Å². The number of carbonyl (C=O) groups excluding carboxylic acids is 1. The van der Waals surface area contributed by atoms with Gasteiger partial charge in [0.25, 0.3) is 0 Å². The SMILES string of the molecule is CCNC(=NCC(=O)NC(C)(C)C)NCCCCc1nc(C)cs1. The predicted molar refractivity (Wildman–Crippen MR) is 102 cm³/mol. The van der Waals surface area contributed by atoms with E-state index in [9.17, 15) is 4.79 Å². The largest absolute Gasteiger partial charge is 0.357 e. The van der Waals surface area contributed by atoms with Gasteiger partial charge in [-0.25, -0.2) is 9.98 Å². The Balaban J connectivity index is 2.29. The zero-order chi connectivity index (χ0) is 18.0. The summed E-state index contributed by atoms with van der Waals surface area (Å²) in [7, 11) is 0. The number of thiazole rings is 1. The number of amides is 1. The van der Waals surface area contributed by atoms with E-state index >= 15 is 0 Å². The maximum absolute atomic E-state index is 11.8. The Bertz CT molecular complexity index is 533. The number of guanidine groups is 1. The number of nitrogens with one attached hydrogen (secondary N) is 3. The highest BCUT2D eigenvalue weighted by atomic mass is 32.1. The fraction of sp³-hybridized carbons (Fsp3) is 0.706. The first-order valence-corrected chi connectivity index (χ1v) is 9.42. The predicted octanol–water partition coefficient (Wildman–Crippen LogP) is 2.24.